The SMILES string of the molecule is O=C(O)CC[C@H](NC(=O)Cc1ccccc1)C(=O)NC1CCN(Cc2ccccc2)CC1. The lowest BCUT2D eigenvalue weighted by molar-refractivity contribution is -0.138. The van der Waals surface area contributed by atoms with Crippen LogP contribution >= 0.6 is 0 Å². The number of likely N-dealkylation sites (tertiary alicyclic amines) is 1. The molecule has 1 aliphatic heterocycles. The number of rotatable bonds is 10. The first-order valence-corrected chi connectivity index (χ1v) is 11.1. The summed E-state index contributed by atoms with van der Waals surface area (Å²) in [5.74, 6) is -1.59. The summed E-state index contributed by atoms with van der Waals surface area (Å²) in [6.45, 7) is 2.64. The third-order valence-corrected chi connectivity index (χ3v) is 5.69. The van der Waals surface area contributed by atoms with Crippen LogP contribution in [0.2, 0.25) is 0 Å². The zero-order chi connectivity index (χ0) is 22.8. The van der Waals surface area contributed by atoms with Gasteiger partial charge in [-0.25, -0.2) is 0 Å². The van der Waals surface area contributed by atoms with Crippen molar-refractivity contribution < 1.29 is 19.5 Å². The van der Waals surface area contributed by atoms with Crippen molar-refractivity contribution in [2.24, 2.45) is 0 Å². The van der Waals surface area contributed by atoms with Gasteiger partial charge < -0.3 is 15.7 Å². The molecule has 1 fully saturated rings. The molecule has 170 valence electrons. The summed E-state index contributed by atoms with van der Waals surface area (Å²) < 4.78 is 0. The van der Waals surface area contributed by atoms with Gasteiger partial charge in [-0.1, -0.05) is 60.7 Å². The zero-order valence-electron chi connectivity index (χ0n) is 18.2. The quantitative estimate of drug-likeness (QED) is 0.530. The number of benzene rings is 2. The lowest BCUT2D eigenvalue weighted by Crippen LogP contribution is -2.52. The summed E-state index contributed by atoms with van der Waals surface area (Å²) in [4.78, 5) is 38.7. The highest BCUT2D eigenvalue weighted by Crippen LogP contribution is 2.14. The Morgan fingerprint density at radius 1 is 0.938 bits per heavy atom. The normalized spacial score (nSPS) is 15.6. The Labute approximate surface area is 188 Å². The van der Waals surface area contributed by atoms with E-state index in [0.29, 0.717) is 0 Å². The fraction of sp³-hybridized carbons (Fsp3) is 0.400. The van der Waals surface area contributed by atoms with Gasteiger partial charge in [-0.3, -0.25) is 19.3 Å². The predicted molar refractivity (Wildman–Crippen MR) is 122 cm³/mol. The van der Waals surface area contributed by atoms with Crippen LogP contribution in [-0.2, 0) is 27.3 Å². The van der Waals surface area contributed by atoms with Gasteiger partial charge in [-0.2, -0.15) is 0 Å². The van der Waals surface area contributed by atoms with Gasteiger partial charge in [0.1, 0.15) is 6.04 Å². The Morgan fingerprint density at radius 2 is 1.53 bits per heavy atom. The van der Waals surface area contributed by atoms with Crippen molar-refractivity contribution in [2.75, 3.05) is 13.1 Å². The molecule has 7 heteroatoms. The molecule has 1 saturated heterocycles. The van der Waals surface area contributed by atoms with Gasteiger partial charge in [0.2, 0.25) is 11.8 Å². The number of piperidine rings is 1. The number of nitrogens with zero attached hydrogens (tertiary/aromatic N) is 1. The molecule has 0 saturated carbocycles. The molecule has 1 heterocycles. The number of carboxylic acids is 1. The summed E-state index contributed by atoms with van der Waals surface area (Å²) in [5.41, 5.74) is 2.11. The summed E-state index contributed by atoms with van der Waals surface area (Å²) in [6.07, 6.45) is 1.67. The Morgan fingerprint density at radius 3 is 2.12 bits per heavy atom. The third kappa shape index (κ3) is 7.81. The molecule has 0 aromatic heterocycles. The van der Waals surface area contributed by atoms with Gasteiger partial charge in [0.15, 0.2) is 0 Å². The van der Waals surface area contributed by atoms with Crippen LogP contribution in [0.4, 0.5) is 0 Å². The highest BCUT2D eigenvalue weighted by atomic mass is 16.4. The number of amides is 2. The molecule has 3 N–H and O–H groups in total. The fourth-order valence-corrected chi connectivity index (χ4v) is 3.94. The van der Waals surface area contributed by atoms with E-state index in [1.807, 2.05) is 48.5 Å². The van der Waals surface area contributed by atoms with Crippen LogP contribution in [0.25, 0.3) is 0 Å². The van der Waals surface area contributed by atoms with Gasteiger partial charge >= 0.3 is 5.97 Å². The lowest BCUT2D eigenvalue weighted by Gasteiger charge is -2.33. The second-order valence-corrected chi connectivity index (χ2v) is 8.26. The van der Waals surface area contributed by atoms with E-state index in [9.17, 15) is 14.4 Å². The highest BCUT2D eigenvalue weighted by Gasteiger charge is 2.26. The van der Waals surface area contributed by atoms with E-state index in [1.54, 1.807) is 0 Å². The van der Waals surface area contributed by atoms with Crippen LogP contribution in [-0.4, -0.2) is 53.0 Å². The monoisotopic (exact) mass is 437 g/mol. The van der Waals surface area contributed by atoms with Gasteiger partial charge in [0.05, 0.1) is 6.42 Å². The number of carboxylic acid groups (broad SMARTS) is 1. The maximum absolute atomic E-state index is 12.9. The maximum Gasteiger partial charge on any atom is 0.303 e. The first-order valence-electron chi connectivity index (χ1n) is 11.1. The number of carbonyl (C=O) groups is 3. The van der Waals surface area contributed by atoms with Gasteiger partial charge in [0, 0.05) is 32.1 Å². The molecule has 3 rings (SSSR count). The standard InChI is InChI=1S/C25H31N3O4/c29-23(17-19-7-3-1-4-8-19)27-22(11-12-24(30)31)25(32)26-21-13-15-28(16-14-21)18-20-9-5-2-6-10-20/h1-10,21-22H,11-18H2,(H,26,32)(H,27,29)(H,30,31)/t22-/m0/s1. The minimum Gasteiger partial charge on any atom is -0.481 e. The Bertz CT molecular complexity index is 881. The third-order valence-electron chi connectivity index (χ3n) is 5.69. The molecule has 7 nitrogen and oxygen atoms in total. The van der Waals surface area contributed by atoms with Crippen LogP contribution in [0.1, 0.15) is 36.8 Å². The van der Waals surface area contributed by atoms with Crippen molar-refractivity contribution in [3.8, 4) is 0 Å². The molecular weight excluding hydrogens is 406 g/mol. The highest BCUT2D eigenvalue weighted by molar-refractivity contribution is 5.88. The van der Waals surface area contributed by atoms with Crippen molar-refractivity contribution in [3.05, 3.63) is 71.8 Å². The average Bonchev–Trinajstić information content (AvgIpc) is 2.79. The molecule has 0 unspecified atom stereocenters. The molecule has 2 aromatic carbocycles. The van der Waals surface area contributed by atoms with Gasteiger partial charge in [0.25, 0.3) is 0 Å². The Balaban J connectivity index is 1.49. The molecule has 2 amide bonds. The van der Waals surface area contributed by atoms with Crippen LogP contribution in [0.15, 0.2) is 60.7 Å². The molecule has 1 aliphatic rings. The molecule has 1 atom stereocenters. The summed E-state index contributed by atoms with van der Waals surface area (Å²) >= 11 is 0. The van der Waals surface area contributed by atoms with E-state index < -0.39 is 12.0 Å². The zero-order valence-corrected chi connectivity index (χ0v) is 18.2. The first kappa shape index (κ1) is 23.5. The predicted octanol–water partition coefficient (Wildman–Crippen LogP) is 2.36. The van der Waals surface area contributed by atoms with Crippen LogP contribution in [0.3, 0.4) is 0 Å². The number of hydrogen-bond acceptors (Lipinski definition) is 4. The number of aliphatic carboxylic acids is 1. The molecule has 2 aromatic rings. The molecule has 0 radical (unpaired) electrons. The largest absolute Gasteiger partial charge is 0.481 e. The van der Waals surface area contributed by atoms with Crippen molar-refractivity contribution in [2.45, 2.75) is 50.7 Å². The van der Waals surface area contributed by atoms with Crippen LogP contribution in [0.5, 0.6) is 0 Å². The molecular formula is C25H31N3O4. The van der Waals surface area contributed by atoms with E-state index >= 15 is 0 Å². The minimum absolute atomic E-state index is 0.0212. The fourth-order valence-electron chi connectivity index (χ4n) is 3.94. The number of hydrogen-bond donors (Lipinski definition) is 3. The van der Waals surface area contributed by atoms with Crippen LogP contribution in [0, 0.1) is 0 Å². The van der Waals surface area contributed by atoms with E-state index in [2.05, 4.69) is 27.7 Å². The average molecular weight is 438 g/mol. The van der Waals surface area contributed by atoms with Crippen molar-refractivity contribution in [1.29, 1.82) is 0 Å². The Kier molecular flexibility index (Phi) is 8.80. The topological polar surface area (TPSA) is 98.7 Å². The summed E-state index contributed by atoms with van der Waals surface area (Å²) in [6, 6.07) is 18.7. The van der Waals surface area contributed by atoms with E-state index in [0.717, 1.165) is 38.0 Å². The van der Waals surface area contributed by atoms with Crippen molar-refractivity contribution in [3.63, 3.8) is 0 Å². The number of carbonyl (C=O) groups excluding carboxylic acids is 2. The second kappa shape index (κ2) is 12.0. The smallest absolute Gasteiger partial charge is 0.303 e. The van der Waals surface area contributed by atoms with E-state index in [4.69, 9.17) is 5.11 Å². The molecule has 0 spiro atoms. The molecule has 0 aliphatic carbocycles. The van der Waals surface area contributed by atoms with Crippen molar-refractivity contribution in [1.82, 2.24) is 15.5 Å². The molecule has 0 bridgehead atoms. The van der Waals surface area contributed by atoms with E-state index in [-0.39, 0.29) is 37.1 Å². The van der Waals surface area contributed by atoms with E-state index in [1.165, 1.54) is 5.56 Å². The summed E-state index contributed by atoms with van der Waals surface area (Å²) in [5, 5.41) is 14.8. The molecule has 32 heavy (non-hydrogen) atoms. The minimum atomic E-state index is -0.991. The number of nitrogens with one attached hydrogen (secondary N) is 2. The Hall–Kier alpha value is -3.19. The summed E-state index contributed by atoms with van der Waals surface area (Å²) in [7, 11) is 0. The van der Waals surface area contributed by atoms with Crippen LogP contribution < -0.4 is 10.6 Å². The second-order valence-electron chi connectivity index (χ2n) is 8.26. The maximum atomic E-state index is 12.9. The van der Waals surface area contributed by atoms with Gasteiger partial charge in [-0.05, 0) is 30.4 Å². The lowest BCUT2D eigenvalue weighted by atomic mass is 10.0. The van der Waals surface area contributed by atoms with Crippen molar-refractivity contribution >= 4 is 17.8 Å². The van der Waals surface area contributed by atoms with Gasteiger partial charge in [-0.15, -0.1) is 0 Å². The first-order chi connectivity index (χ1) is 15.5.